The molecule has 0 aliphatic carbocycles. The van der Waals surface area contributed by atoms with Gasteiger partial charge in [-0.1, -0.05) is 134 Å². The van der Waals surface area contributed by atoms with Crippen molar-refractivity contribution in [3.63, 3.8) is 0 Å². The van der Waals surface area contributed by atoms with E-state index in [-0.39, 0.29) is 12.8 Å². The van der Waals surface area contributed by atoms with Crippen LogP contribution in [0.3, 0.4) is 0 Å². The molecule has 0 aromatic heterocycles. The summed E-state index contributed by atoms with van der Waals surface area (Å²) in [5, 5.41) is 21.8. The Balaban J connectivity index is 3.95. The Hall–Kier alpha value is -2.30. The third-order valence-corrected chi connectivity index (χ3v) is 9.85. The number of allylic oxidation sites excluding steroid dienone is 6. The largest absolute Gasteiger partial charge is 0.480 e. The van der Waals surface area contributed by atoms with Gasteiger partial charge in [0.25, 0.3) is 0 Å². The number of carboxylic acid groups (broad SMARTS) is 1. The van der Waals surface area contributed by atoms with E-state index in [0.29, 0.717) is 12.8 Å². The molecule has 0 aromatic carbocycles. The number of aliphatic carboxylic acids is 1. The van der Waals surface area contributed by atoms with E-state index >= 15 is 0 Å². The summed E-state index contributed by atoms with van der Waals surface area (Å²) in [7, 11) is -4.76. The van der Waals surface area contributed by atoms with Crippen LogP contribution in [0.25, 0.3) is 0 Å². The van der Waals surface area contributed by atoms with E-state index in [9.17, 15) is 34.1 Å². The molecule has 0 bridgehead atoms. The molecule has 0 saturated heterocycles. The normalized spacial score (nSPS) is 14.1. The van der Waals surface area contributed by atoms with E-state index in [1.807, 2.05) is 0 Å². The van der Waals surface area contributed by atoms with Crippen molar-refractivity contribution in [1.29, 1.82) is 0 Å². The number of amides is 1. The first-order valence-corrected chi connectivity index (χ1v) is 22.5. The van der Waals surface area contributed by atoms with Crippen LogP contribution in [-0.4, -0.2) is 64.9 Å². The molecular formula is C42H76NO10P. The molecule has 11 nitrogen and oxygen atoms in total. The zero-order valence-corrected chi connectivity index (χ0v) is 34.7. The Morgan fingerprint density at radius 1 is 0.593 bits per heavy atom. The zero-order chi connectivity index (χ0) is 40.0. The third kappa shape index (κ3) is 36.7. The maximum Gasteiger partial charge on any atom is 0.472 e. The number of hydrogen-bond acceptors (Lipinski definition) is 8. The number of aliphatic hydroxyl groups excluding tert-OH is 1. The van der Waals surface area contributed by atoms with Crippen LogP contribution in [0.5, 0.6) is 0 Å². The fourth-order valence-corrected chi connectivity index (χ4v) is 6.35. The minimum atomic E-state index is -4.76. The summed E-state index contributed by atoms with van der Waals surface area (Å²) in [6, 6.07) is -1.55. The van der Waals surface area contributed by atoms with Gasteiger partial charge in [-0.05, 0) is 70.6 Å². The SMILES string of the molecule is CCCCCC/C=C\C/C=C\CCCCCCCC(=O)OCC(O)COP(=O)(O)OCC(NC(=O)CCCCCCC/C=C\CCCCCCC)C(=O)O. The average molecular weight is 786 g/mol. The van der Waals surface area contributed by atoms with E-state index < -0.39 is 57.6 Å². The predicted octanol–water partition coefficient (Wildman–Crippen LogP) is 10.4. The Kier molecular flexibility index (Phi) is 36.0. The van der Waals surface area contributed by atoms with E-state index in [1.165, 1.54) is 64.2 Å². The highest BCUT2D eigenvalue weighted by atomic mass is 31.2. The second-order valence-electron chi connectivity index (χ2n) is 14.2. The van der Waals surface area contributed by atoms with Gasteiger partial charge >= 0.3 is 19.8 Å². The van der Waals surface area contributed by atoms with Crippen molar-refractivity contribution in [1.82, 2.24) is 5.32 Å². The predicted molar refractivity (Wildman–Crippen MR) is 217 cm³/mol. The zero-order valence-electron chi connectivity index (χ0n) is 33.8. The average Bonchev–Trinajstić information content (AvgIpc) is 3.14. The van der Waals surface area contributed by atoms with Crippen LogP contribution in [0.4, 0.5) is 0 Å². The van der Waals surface area contributed by atoms with Gasteiger partial charge in [-0.3, -0.25) is 18.6 Å². The molecule has 0 heterocycles. The highest BCUT2D eigenvalue weighted by Gasteiger charge is 2.28. The molecule has 12 heteroatoms. The number of phosphoric ester groups is 1. The summed E-state index contributed by atoms with van der Waals surface area (Å²) in [4.78, 5) is 45.8. The molecule has 0 aromatic rings. The summed E-state index contributed by atoms with van der Waals surface area (Å²) in [6.07, 6.45) is 38.8. The lowest BCUT2D eigenvalue weighted by atomic mass is 10.1. The number of carbonyl (C=O) groups is 3. The molecular weight excluding hydrogens is 709 g/mol. The maximum atomic E-state index is 12.3. The number of carbonyl (C=O) groups excluding carboxylic acids is 2. The number of nitrogens with one attached hydrogen (secondary N) is 1. The van der Waals surface area contributed by atoms with Gasteiger partial charge in [-0.15, -0.1) is 0 Å². The van der Waals surface area contributed by atoms with Crippen LogP contribution in [0.1, 0.15) is 181 Å². The van der Waals surface area contributed by atoms with E-state index in [2.05, 4.69) is 55.6 Å². The molecule has 0 aliphatic heterocycles. The topological polar surface area (TPSA) is 169 Å². The fourth-order valence-electron chi connectivity index (χ4n) is 5.57. The van der Waals surface area contributed by atoms with Crippen molar-refractivity contribution < 1.29 is 47.8 Å². The van der Waals surface area contributed by atoms with E-state index in [0.717, 1.165) is 77.0 Å². The first-order chi connectivity index (χ1) is 26.1. The van der Waals surface area contributed by atoms with Crippen LogP contribution < -0.4 is 5.32 Å². The first-order valence-electron chi connectivity index (χ1n) is 21.0. The Morgan fingerprint density at radius 3 is 1.54 bits per heavy atom. The maximum absolute atomic E-state index is 12.3. The van der Waals surface area contributed by atoms with E-state index in [4.69, 9.17) is 13.8 Å². The number of phosphoric acid groups is 1. The molecule has 3 atom stereocenters. The summed E-state index contributed by atoms with van der Waals surface area (Å²) < 4.78 is 26.8. The summed E-state index contributed by atoms with van der Waals surface area (Å²) in [5.74, 6) is -2.40. The number of unbranched alkanes of at least 4 members (excludes halogenated alkanes) is 19. The smallest absolute Gasteiger partial charge is 0.472 e. The van der Waals surface area contributed by atoms with Crippen molar-refractivity contribution in [2.45, 2.75) is 193 Å². The second-order valence-corrected chi connectivity index (χ2v) is 15.6. The van der Waals surface area contributed by atoms with Crippen molar-refractivity contribution in [3.05, 3.63) is 36.5 Å². The minimum absolute atomic E-state index is 0.134. The molecule has 0 spiro atoms. The van der Waals surface area contributed by atoms with Crippen LogP contribution in [-0.2, 0) is 32.7 Å². The van der Waals surface area contributed by atoms with Gasteiger partial charge in [0.2, 0.25) is 5.91 Å². The van der Waals surface area contributed by atoms with Crippen LogP contribution >= 0.6 is 7.82 Å². The van der Waals surface area contributed by atoms with Gasteiger partial charge < -0.3 is 25.2 Å². The van der Waals surface area contributed by atoms with Crippen LogP contribution in [0.15, 0.2) is 36.5 Å². The molecule has 0 aliphatic rings. The van der Waals surface area contributed by atoms with Gasteiger partial charge in [-0.2, -0.15) is 0 Å². The van der Waals surface area contributed by atoms with Crippen LogP contribution in [0.2, 0.25) is 0 Å². The molecule has 4 N–H and O–H groups in total. The number of hydrogen-bond donors (Lipinski definition) is 4. The van der Waals surface area contributed by atoms with Crippen molar-refractivity contribution in [2.75, 3.05) is 19.8 Å². The molecule has 54 heavy (non-hydrogen) atoms. The lowest BCUT2D eigenvalue weighted by Crippen LogP contribution is -2.43. The summed E-state index contributed by atoms with van der Waals surface area (Å²) in [5.41, 5.74) is 0. The third-order valence-electron chi connectivity index (χ3n) is 8.90. The molecule has 314 valence electrons. The second kappa shape index (κ2) is 37.6. The van der Waals surface area contributed by atoms with Crippen molar-refractivity contribution in [2.24, 2.45) is 0 Å². The van der Waals surface area contributed by atoms with E-state index in [1.54, 1.807) is 0 Å². The highest BCUT2D eigenvalue weighted by Crippen LogP contribution is 2.43. The van der Waals surface area contributed by atoms with Gasteiger partial charge in [0, 0.05) is 12.8 Å². The van der Waals surface area contributed by atoms with Crippen molar-refractivity contribution in [3.8, 4) is 0 Å². The first kappa shape index (κ1) is 51.7. The minimum Gasteiger partial charge on any atom is -0.480 e. The lowest BCUT2D eigenvalue weighted by Gasteiger charge is -2.18. The number of aliphatic hydroxyl groups is 1. The molecule has 0 rings (SSSR count). The Morgan fingerprint density at radius 2 is 1.02 bits per heavy atom. The Labute approximate surface area is 327 Å². The fraction of sp³-hybridized carbons (Fsp3) is 0.786. The summed E-state index contributed by atoms with van der Waals surface area (Å²) in [6.45, 7) is 2.53. The summed E-state index contributed by atoms with van der Waals surface area (Å²) >= 11 is 0. The number of esters is 1. The van der Waals surface area contributed by atoms with Crippen molar-refractivity contribution >= 4 is 25.7 Å². The number of rotatable bonds is 39. The Bertz CT molecular complexity index is 1060. The molecule has 0 radical (unpaired) electrons. The standard InChI is InChI=1S/C42H76NO10P/c1-3-5-7-9-11-13-15-17-19-20-22-24-26-28-30-32-34-41(46)51-35-38(44)36-52-54(49,50)53-37-39(42(47)48)43-40(45)33-31-29-27-25-23-21-18-16-14-12-10-8-6-4-2/h13,15-16,18-20,38-39,44H,3-12,14,17,21-37H2,1-2H3,(H,43,45)(H,47,48)(H,49,50)/b15-13-,18-16-,20-19-. The van der Waals surface area contributed by atoms with Gasteiger partial charge in [0.1, 0.15) is 12.7 Å². The number of carboxylic acids is 1. The molecule has 1 amide bonds. The highest BCUT2D eigenvalue weighted by molar-refractivity contribution is 7.47. The van der Waals surface area contributed by atoms with Gasteiger partial charge in [0.15, 0.2) is 6.04 Å². The lowest BCUT2D eigenvalue weighted by molar-refractivity contribution is -0.147. The van der Waals surface area contributed by atoms with Crippen LogP contribution in [0, 0.1) is 0 Å². The molecule has 0 fully saturated rings. The quantitative estimate of drug-likeness (QED) is 0.0204. The molecule has 3 unspecified atom stereocenters. The number of ether oxygens (including phenoxy) is 1. The molecule has 0 saturated carbocycles. The van der Waals surface area contributed by atoms with Gasteiger partial charge in [-0.25, -0.2) is 9.36 Å². The van der Waals surface area contributed by atoms with Gasteiger partial charge in [0.05, 0.1) is 13.2 Å². The monoisotopic (exact) mass is 786 g/mol.